The Balaban J connectivity index is 1.52. The van der Waals surface area contributed by atoms with E-state index >= 15 is 0 Å². The van der Waals surface area contributed by atoms with Crippen LogP contribution in [0.3, 0.4) is 0 Å². The molecule has 8 heteroatoms. The number of aromatic nitrogens is 2. The molecule has 28 heavy (non-hydrogen) atoms. The quantitative estimate of drug-likeness (QED) is 0.475. The summed E-state index contributed by atoms with van der Waals surface area (Å²) in [5.41, 5.74) is 2.73. The van der Waals surface area contributed by atoms with Crippen molar-refractivity contribution >= 4 is 44.2 Å². The number of fused-ring (bicyclic) bond motifs is 1. The lowest BCUT2D eigenvalue weighted by Crippen LogP contribution is -2.15. The van der Waals surface area contributed by atoms with Gasteiger partial charge in [0.2, 0.25) is 0 Å². The van der Waals surface area contributed by atoms with Crippen LogP contribution in [0.5, 0.6) is 5.75 Å². The Morgan fingerprint density at radius 1 is 1.25 bits per heavy atom. The van der Waals surface area contributed by atoms with Crippen LogP contribution in [0.15, 0.2) is 47.0 Å². The van der Waals surface area contributed by atoms with Crippen LogP contribution in [0, 0.1) is 13.8 Å². The molecule has 0 spiro atoms. The third kappa shape index (κ3) is 3.85. The van der Waals surface area contributed by atoms with E-state index in [9.17, 15) is 4.79 Å². The molecule has 1 N–H and O–H groups in total. The van der Waals surface area contributed by atoms with Crippen molar-refractivity contribution in [3.63, 3.8) is 0 Å². The van der Waals surface area contributed by atoms with Crippen molar-refractivity contribution in [2.24, 2.45) is 0 Å². The van der Waals surface area contributed by atoms with Crippen LogP contribution < -0.4 is 10.1 Å². The van der Waals surface area contributed by atoms with Gasteiger partial charge in [0.25, 0.3) is 5.91 Å². The van der Waals surface area contributed by atoms with Crippen molar-refractivity contribution < 1.29 is 14.1 Å². The van der Waals surface area contributed by atoms with Crippen LogP contribution in [0.1, 0.15) is 27.4 Å². The van der Waals surface area contributed by atoms with E-state index in [0.717, 1.165) is 15.8 Å². The van der Waals surface area contributed by atoms with Crippen molar-refractivity contribution in [3.05, 3.63) is 70.1 Å². The molecular formula is C20H16ClN3O3S. The first-order valence-electron chi connectivity index (χ1n) is 8.51. The van der Waals surface area contributed by atoms with Crippen molar-refractivity contribution in [2.45, 2.75) is 20.5 Å². The number of anilines is 1. The number of nitrogens with one attached hydrogen (secondary N) is 1. The minimum absolute atomic E-state index is 0.136. The lowest BCUT2D eigenvalue weighted by Gasteiger charge is -2.07. The van der Waals surface area contributed by atoms with E-state index in [1.807, 2.05) is 25.1 Å². The largest absolute Gasteiger partial charge is 0.489 e. The van der Waals surface area contributed by atoms with E-state index in [0.29, 0.717) is 27.2 Å². The van der Waals surface area contributed by atoms with Gasteiger partial charge in [-0.25, -0.2) is 4.98 Å². The van der Waals surface area contributed by atoms with Gasteiger partial charge in [-0.2, -0.15) is 0 Å². The number of benzene rings is 2. The highest BCUT2D eigenvalue weighted by molar-refractivity contribution is 7.22. The number of nitrogens with zero attached hydrogens (tertiary/aromatic N) is 2. The van der Waals surface area contributed by atoms with Gasteiger partial charge in [0, 0.05) is 5.02 Å². The standard InChI is InChI=1S/C20H16ClN3O3S/c1-11-6-7-16-17(8-11)28-20(22-16)23-19(25)18-15(12(2)27-24-18)10-26-14-5-3-4-13(21)9-14/h3-9H,10H2,1-2H3,(H,22,23,25). The molecule has 0 saturated carbocycles. The molecule has 0 fully saturated rings. The molecule has 4 aromatic rings. The summed E-state index contributed by atoms with van der Waals surface area (Å²) in [6.07, 6.45) is 0. The summed E-state index contributed by atoms with van der Waals surface area (Å²) in [6, 6.07) is 13.0. The molecule has 0 aliphatic rings. The fourth-order valence-electron chi connectivity index (χ4n) is 2.69. The normalized spacial score (nSPS) is 11.0. The number of halogens is 1. The first kappa shape index (κ1) is 18.5. The summed E-state index contributed by atoms with van der Waals surface area (Å²) in [7, 11) is 0. The lowest BCUT2D eigenvalue weighted by molar-refractivity contribution is 0.101. The number of thiazole rings is 1. The van der Waals surface area contributed by atoms with Crippen LogP contribution in [-0.2, 0) is 6.61 Å². The Labute approximate surface area is 170 Å². The molecule has 0 bridgehead atoms. The van der Waals surface area contributed by atoms with Crippen LogP contribution in [0.4, 0.5) is 5.13 Å². The van der Waals surface area contributed by atoms with Crippen LogP contribution >= 0.6 is 22.9 Å². The molecule has 142 valence electrons. The van der Waals surface area contributed by atoms with Crippen LogP contribution in [0.2, 0.25) is 5.02 Å². The zero-order chi connectivity index (χ0) is 19.7. The van der Waals surface area contributed by atoms with Gasteiger partial charge in [0.05, 0.1) is 15.8 Å². The number of hydrogen-bond donors (Lipinski definition) is 1. The Bertz CT molecular complexity index is 1170. The number of carbonyl (C=O) groups excluding carboxylic acids is 1. The van der Waals surface area contributed by atoms with Gasteiger partial charge in [0.1, 0.15) is 18.1 Å². The van der Waals surface area contributed by atoms with Crippen molar-refractivity contribution in [3.8, 4) is 5.75 Å². The van der Waals surface area contributed by atoms with Gasteiger partial charge in [-0.05, 0) is 49.7 Å². The van der Waals surface area contributed by atoms with E-state index in [-0.39, 0.29) is 12.3 Å². The zero-order valence-corrected chi connectivity index (χ0v) is 16.7. The summed E-state index contributed by atoms with van der Waals surface area (Å²) >= 11 is 7.38. The van der Waals surface area contributed by atoms with Crippen molar-refractivity contribution in [2.75, 3.05) is 5.32 Å². The number of hydrogen-bond acceptors (Lipinski definition) is 6. The number of amides is 1. The number of aryl methyl sites for hydroxylation is 2. The predicted octanol–water partition coefficient (Wildman–Crippen LogP) is 5.39. The number of ether oxygens (including phenoxy) is 1. The highest BCUT2D eigenvalue weighted by Crippen LogP contribution is 2.27. The second kappa shape index (κ2) is 7.61. The Morgan fingerprint density at radius 3 is 2.93 bits per heavy atom. The molecule has 6 nitrogen and oxygen atoms in total. The van der Waals surface area contributed by atoms with Gasteiger partial charge in [-0.1, -0.05) is 40.2 Å². The summed E-state index contributed by atoms with van der Waals surface area (Å²) < 4.78 is 12.0. The third-order valence-electron chi connectivity index (χ3n) is 4.14. The molecule has 2 heterocycles. The molecule has 1 amide bonds. The molecule has 4 rings (SSSR count). The summed E-state index contributed by atoms with van der Waals surface area (Å²) in [4.78, 5) is 17.2. The maximum Gasteiger partial charge on any atom is 0.280 e. The van der Waals surface area contributed by atoms with E-state index < -0.39 is 5.91 Å². The SMILES string of the molecule is Cc1ccc2nc(NC(=O)c3noc(C)c3COc3cccc(Cl)c3)sc2c1. The van der Waals surface area contributed by atoms with Crippen molar-refractivity contribution in [1.29, 1.82) is 0 Å². The topological polar surface area (TPSA) is 77.3 Å². The van der Waals surface area contributed by atoms with E-state index in [1.54, 1.807) is 31.2 Å². The first-order chi connectivity index (χ1) is 13.5. The molecular weight excluding hydrogens is 398 g/mol. The average Bonchev–Trinajstić information content (AvgIpc) is 3.22. The van der Waals surface area contributed by atoms with Crippen molar-refractivity contribution in [1.82, 2.24) is 10.1 Å². The molecule has 0 aliphatic carbocycles. The Morgan fingerprint density at radius 2 is 2.11 bits per heavy atom. The minimum Gasteiger partial charge on any atom is -0.489 e. The Hall–Kier alpha value is -2.90. The average molecular weight is 414 g/mol. The van der Waals surface area contributed by atoms with Gasteiger partial charge in [-0.3, -0.25) is 10.1 Å². The molecule has 0 unspecified atom stereocenters. The van der Waals surface area contributed by atoms with Gasteiger partial charge < -0.3 is 9.26 Å². The highest BCUT2D eigenvalue weighted by atomic mass is 35.5. The molecule has 2 aromatic carbocycles. The van der Waals surface area contributed by atoms with E-state index in [2.05, 4.69) is 15.5 Å². The molecule has 0 atom stereocenters. The van der Waals surface area contributed by atoms with E-state index in [1.165, 1.54) is 11.3 Å². The summed E-state index contributed by atoms with van der Waals surface area (Å²) in [6.45, 7) is 3.89. The molecule has 0 radical (unpaired) electrons. The smallest absolute Gasteiger partial charge is 0.280 e. The molecule has 0 saturated heterocycles. The fourth-order valence-corrected chi connectivity index (χ4v) is 3.83. The third-order valence-corrected chi connectivity index (χ3v) is 5.31. The fraction of sp³-hybridized carbons (Fsp3) is 0.150. The number of rotatable bonds is 5. The maximum absolute atomic E-state index is 12.7. The predicted molar refractivity (Wildman–Crippen MR) is 109 cm³/mol. The number of carbonyl (C=O) groups is 1. The van der Waals surface area contributed by atoms with Gasteiger partial charge in [-0.15, -0.1) is 0 Å². The van der Waals surface area contributed by atoms with Gasteiger partial charge >= 0.3 is 0 Å². The monoisotopic (exact) mass is 413 g/mol. The second-order valence-corrected chi connectivity index (χ2v) is 7.72. The lowest BCUT2D eigenvalue weighted by atomic mass is 10.2. The summed E-state index contributed by atoms with van der Waals surface area (Å²) in [5, 5.41) is 7.77. The van der Waals surface area contributed by atoms with Crippen LogP contribution in [-0.4, -0.2) is 16.0 Å². The first-order valence-corrected chi connectivity index (χ1v) is 9.71. The zero-order valence-electron chi connectivity index (χ0n) is 15.2. The molecule has 2 aromatic heterocycles. The maximum atomic E-state index is 12.7. The Kier molecular flexibility index (Phi) is 5.02. The van der Waals surface area contributed by atoms with E-state index in [4.69, 9.17) is 20.9 Å². The van der Waals surface area contributed by atoms with Gasteiger partial charge in [0.15, 0.2) is 10.8 Å². The highest BCUT2D eigenvalue weighted by Gasteiger charge is 2.21. The molecule has 0 aliphatic heterocycles. The second-order valence-electron chi connectivity index (χ2n) is 6.26. The summed E-state index contributed by atoms with van der Waals surface area (Å²) in [5.74, 6) is 0.727. The van der Waals surface area contributed by atoms with Crippen LogP contribution in [0.25, 0.3) is 10.2 Å². The minimum atomic E-state index is -0.391.